The summed E-state index contributed by atoms with van der Waals surface area (Å²) in [6, 6.07) is 9.47. The molecule has 30 heavy (non-hydrogen) atoms. The van der Waals surface area contributed by atoms with Crippen molar-refractivity contribution in [1.29, 1.82) is 0 Å². The van der Waals surface area contributed by atoms with Crippen LogP contribution in [0.1, 0.15) is 19.3 Å². The molecule has 3 heterocycles. The topological polar surface area (TPSA) is 59.4 Å². The van der Waals surface area contributed by atoms with E-state index in [4.69, 9.17) is 4.74 Å². The number of benzene rings is 1. The maximum Gasteiger partial charge on any atom is 0.233 e. The molecule has 6 nitrogen and oxygen atoms in total. The molecule has 1 spiro atoms. The molecule has 0 atom stereocenters. The van der Waals surface area contributed by atoms with Crippen molar-refractivity contribution in [2.75, 3.05) is 31.1 Å². The van der Waals surface area contributed by atoms with Crippen LogP contribution in [0.2, 0.25) is 25.7 Å². The zero-order valence-corrected chi connectivity index (χ0v) is 19.5. The summed E-state index contributed by atoms with van der Waals surface area (Å²) in [6.07, 6.45) is 6.79. The van der Waals surface area contributed by atoms with E-state index in [-0.39, 0.29) is 5.41 Å². The Kier molecular flexibility index (Phi) is 6.13. The van der Waals surface area contributed by atoms with Gasteiger partial charge >= 0.3 is 0 Å². The Labute approximate surface area is 180 Å². The molecular weight excluding hydrogens is 392 g/mol. The van der Waals surface area contributed by atoms with E-state index in [1.165, 1.54) is 0 Å². The molecule has 1 aromatic carbocycles. The van der Waals surface area contributed by atoms with E-state index in [1.807, 2.05) is 22.0 Å². The second-order valence-electron chi connectivity index (χ2n) is 9.90. The van der Waals surface area contributed by atoms with Gasteiger partial charge in [-0.3, -0.25) is 4.79 Å². The van der Waals surface area contributed by atoms with E-state index in [2.05, 4.69) is 54.3 Å². The van der Waals surface area contributed by atoms with Gasteiger partial charge in [0.05, 0.1) is 11.6 Å². The number of carbonyl (C=O) groups excluding carboxylic acids is 1. The first-order valence-corrected chi connectivity index (χ1v) is 14.8. The summed E-state index contributed by atoms with van der Waals surface area (Å²) in [4.78, 5) is 15.1. The minimum atomic E-state index is -1.06. The van der Waals surface area contributed by atoms with E-state index in [0.29, 0.717) is 12.6 Å². The van der Waals surface area contributed by atoms with E-state index in [1.54, 1.807) is 0 Å². The Morgan fingerprint density at radius 2 is 1.83 bits per heavy atom. The molecule has 162 valence electrons. The second-order valence-corrected chi connectivity index (χ2v) is 15.5. The molecule has 0 aliphatic carbocycles. The van der Waals surface area contributed by atoms with Crippen molar-refractivity contribution >= 4 is 19.7 Å². The highest BCUT2D eigenvalue weighted by atomic mass is 28.3. The number of rotatable bonds is 7. The van der Waals surface area contributed by atoms with Crippen molar-refractivity contribution in [3.8, 4) is 11.1 Å². The van der Waals surface area contributed by atoms with Crippen LogP contribution in [0.25, 0.3) is 11.1 Å². The SMILES string of the molecule is C[Si](C)(C)CCOCn1cc(-c2ccc(N3CCC4(CCNCC4)C3=O)cc2)cn1. The van der Waals surface area contributed by atoms with Gasteiger partial charge in [-0.05, 0) is 56.1 Å². The molecule has 0 radical (unpaired) electrons. The molecule has 1 N–H and O–H groups in total. The van der Waals surface area contributed by atoms with Gasteiger partial charge in [-0.15, -0.1) is 0 Å². The number of anilines is 1. The zero-order valence-electron chi connectivity index (χ0n) is 18.5. The number of piperidine rings is 1. The number of nitrogens with one attached hydrogen (secondary N) is 1. The standard InChI is InChI=1S/C23H34N4O2Si/c1-30(2,3)15-14-29-18-26-17-20(16-25-26)19-4-6-21(7-5-19)27-13-10-23(22(27)28)8-11-24-12-9-23/h4-7,16-17,24H,8-15,18H2,1-3H3. The third-order valence-corrected chi connectivity index (χ3v) is 8.14. The molecule has 0 bridgehead atoms. The quantitative estimate of drug-likeness (QED) is 0.538. The van der Waals surface area contributed by atoms with Crippen LogP contribution >= 0.6 is 0 Å². The minimum absolute atomic E-state index is 0.138. The molecule has 0 saturated carbocycles. The number of amides is 1. The van der Waals surface area contributed by atoms with Crippen LogP contribution < -0.4 is 10.2 Å². The summed E-state index contributed by atoms with van der Waals surface area (Å²) in [7, 11) is -1.06. The van der Waals surface area contributed by atoms with Gasteiger partial charge in [0.25, 0.3) is 0 Å². The Balaban J connectivity index is 1.36. The average Bonchev–Trinajstić information content (AvgIpc) is 3.32. The van der Waals surface area contributed by atoms with Crippen molar-refractivity contribution in [1.82, 2.24) is 15.1 Å². The highest BCUT2D eigenvalue weighted by Gasteiger charge is 2.47. The van der Waals surface area contributed by atoms with Crippen LogP contribution in [-0.4, -0.2) is 50.0 Å². The fourth-order valence-corrected chi connectivity index (χ4v) is 5.15. The lowest BCUT2D eigenvalue weighted by atomic mass is 9.78. The lowest BCUT2D eigenvalue weighted by Crippen LogP contribution is -2.42. The first kappa shape index (κ1) is 21.3. The molecule has 7 heteroatoms. The Morgan fingerprint density at radius 1 is 1.10 bits per heavy atom. The Morgan fingerprint density at radius 3 is 2.53 bits per heavy atom. The summed E-state index contributed by atoms with van der Waals surface area (Å²) in [6.45, 7) is 11.1. The molecule has 2 aliphatic rings. The fraction of sp³-hybridized carbons (Fsp3) is 0.565. The number of carbonyl (C=O) groups is 1. The summed E-state index contributed by atoms with van der Waals surface area (Å²) >= 11 is 0. The van der Waals surface area contributed by atoms with E-state index >= 15 is 0 Å². The average molecular weight is 427 g/mol. The maximum atomic E-state index is 13.1. The van der Waals surface area contributed by atoms with Crippen LogP contribution in [0.4, 0.5) is 5.69 Å². The molecule has 1 aromatic heterocycles. The third kappa shape index (κ3) is 4.68. The van der Waals surface area contributed by atoms with Crippen LogP contribution in [0.3, 0.4) is 0 Å². The monoisotopic (exact) mass is 426 g/mol. The normalized spacial score (nSPS) is 19.0. The molecule has 4 rings (SSSR count). The van der Waals surface area contributed by atoms with Gasteiger partial charge in [0.1, 0.15) is 6.73 Å². The van der Waals surface area contributed by atoms with E-state index < -0.39 is 8.07 Å². The predicted molar refractivity (Wildman–Crippen MR) is 123 cm³/mol. The largest absolute Gasteiger partial charge is 0.360 e. The van der Waals surface area contributed by atoms with Gasteiger partial charge in [-0.25, -0.2) is 4.68 Å². The smallest absolute Gasteiger partial charge is 0.233 e. The number of ether oxygens (including phenoxy) is 1. The highest BCUT2D eigenvalue weighted by molar-refractivity contribution is 6.76. The Hall–Kier alpha value is -1.96. The maximum absolute atomic E-state index is 13.1. The number of hydrogen-bond acceptors (Lipinski definition) is 4. The second kappa shape index (κ2) is 8.65. The molecular formula is C23H34N4O2Si. The lowest BCUT2D eigenvalue weighted by molar-refractivity contribution is -0.126. The molecule has 2 aliphatic heterocycles. The first-order valence-electron chi connectivity index (χ1n) is 11.1. The van der Waals surface area contributed by atoms with E-state index in [9.17, 15) is 4.79 Å². The predicted octanol–water partition coefficient (Wildman–Crippen LogP) is 3.97. The van der Waals surface area contributed by atoms with Crippen LogP contribution in [0.5, 0.6) is 0 Å². The van der Waals surface area contributed by atoms with Gasteiger partial charge < -0.3 is 15.0 Å². The number of aromatic nitrogens is 2. The molecule has 2 fully saturated rings. The zero-order chi connectivity index (χ0) is 21.2. The summed E-state index contributed by atoms with van der Waals surface area (Å²) < 4.78 is 7.63. The van der Waals surface area contributed by atoms with E-state index in [0.717, 1.165) is 68.4 Å². The number of nitrogens with zero attached hydrogens (tertiary/aromatic N) is 3. The third-order valence-electron chi connectivity index (χ3n) is 6.44. The van der Waals surface area contributed by atoms with Gasteiger partial charge in [0.2, 0.25) is 5.91 Å². The van der Waals surface area contributed by atoms with Crippen molar-refractivity contribution in [2.24, 2.45) is 5.41 Å². The Bertz CT molecular complexity index is 866. The van der Waals surface area contributed by atoms with Crippen LogP contribution in [0, 0.1) is 5.41 Å². The van der Waals surface area contributed by atoms with Gasteiger partial charge in [-0.1, -0.05) is 31.8 Å². The van der Waals surface area contributed by atoms with Crippen LogP contribution in [0.15, 0.2) is 36.7 Å². The molecule has 0 unspecified atom stereocenters. The van der Waals surface area contributed by atoms with Crippen molar-refractivity contribution in [2.45, 2.75) is 51.7 Å². The lowest BCUT2D eigenvalue weighted by Gasteiger charge is -2.32. The summed E-state index contributed by atoms with van der Waals surface area (Å²) in [5.41, 5.74) is 3.04. The van der Waals surface area contributed by atoms with Crippen molar-refractivity contribution < 1.29 is 9.53 Å². The van der Waals surface area contributed by atoms with Gasteiger partial charge in [0.15, 0.2) is 0 Å². The van der Waals surface area contributed by atoms with Crippen molar-refractivity contribution in [3.05, 3.63) is 36.7 Å². The summed E-state index contributed by atoms with van der Waals surface area (Å²) in [5, 5.41) is 7.80. The summed E-state index contributed by atoms with van der Waals surface area (Å²) in [5.74, 6) is 0.306. The fourth-order valence-electron chi connectivity index (χ4n) is 4.39. The van der Waals surface area contributed by atoms with Gasteiger partial charge in [0, 0.05) is 38.7 Å². The molecule has 2 saturated heterocycles. The van der Waals surface area contributed by atoms with Crippen LogP contribution in [-0.2, 0) is 16.3 Å². The molecule has 2 aromatic rings. The molecule has 1 amide bonds. The minimum Gasteiger partial charge on any atom is -0.360 e. The van der Waals surface area contributed by atoms with Gasteiger partial charge in [-0.2, -0.15) is 5.10 Å². The first-order chi connectivity index (χ1) is 14.4. The highest BCUT2D eigenvalue weighted by Crippen LogP contribution is 2.41. The van der Waals surface area contributed by atoms with Crippen molar-refractivity contribution in [3.63, 3.8) is 0 Å². The number of hydrogen-bond donors (Lipinski definition) is 1.